The Bertz CT molecular complexity index is 29.9. The fourth-order valence-corrected chi connectivity index (χ4v) is 0. The van der Waals surface area contributed by atoms with Crippen molar-refractivity contribution in [1.82, 2.24) is 0 Å². The smallest absolute Gasteiger partial charge is 0 e. The topological polar surface area (TPSA) is 63.2 Å². The molecule has 0 bridgehead atoms. The molecule has 0 aromatic heterocycles. The van der Waals surface area contributed by atoms with Crippen LogP contribution in [0.2, 0.25) is 0 Å². The second-order valence-corrected chi connectivity index (χ2v) is 0.612. The third-order valence-corrected chi connectivity index (χ3v) is 0. The molecule has 36 valence electrons. The zero-order chi connectivity index (χ0) is 3.58. The van der Waals surface area contributed by atoms with Gasteiger partial charge in [0.25, 0.3) is 0 Å². The number of rotatable bonds is 0. The summed E-state index contributed by atoms with van der Waals surface area (Å²) in [4.78, 5) is 0. The third kappa shape index (κ3) is 94.4. The van der Waals surface area contributed by atoms with Gasteiger partial charge in [-0.2, -0.15) is 0 Å². The van der Waals surface area contributed by atoms with Crippen LogP contribution in [0, 0.1) is 0 Å². The van der Waals surface area contributed by atoms with E-state index in [1.165, 1.54) is 0 Å². The van der Waals surface area contributed by atoms with E-state index in [9.17, 15) is 0 Å². The molecular formula is NiO3S-2. The van der Waals surface area contributed by atoms with E-state index in [0.29, 0.717) is 0 Å². The zero-order valence-electron chi connectivity index (χ0n) is 1.95. The summed E-state index contributed by atoms with van der Waals surface area (Å²) in [5, 5.41) is 0. The molecule has 0 aromatic rings. The first-order chi connectivity index (χ1) is 1.73. The monoisotopic (exact) mass is 138 g/mol. The Morgan fingerprint density at radius 2 is 1.40 bits per heavy atom. The SMILES string of the molecule is O=S([O-])[O-].[Ni]. The van der Waals surface area contributed by atoms with Gasteiger partial charge in [0.2, 0.25) is 0 Å². The van der Waals surface area contributed by atoms with E-state index >= 15 is 0 Å². The maximum atomic E-state index is 8.44. The van der Waals surface area contributed by atoms with E-state index in [4.69, 9.17) is 13.3 Å². The molecule has 0 aliphatic rings. The van der Waals surface area contributed by atoms with Crippen LogP contribution >= 0.6 is 0 Å². The molecule has 3 nitrogen and oxygen atoms in total. The molecule has 0 aliphatic carbocycles. The predicted molar refractivity (Wildman–Crippen MR) is 9.70 cm³/mol. The first-order valence-electron chi connectivity index (χ1n) is 0.500. The molecule has 0 rings (SSSR count). The Morgan fingerprint density at radius 3 is 1.40 bits per heavy atom. The summed E-state index contributed by atoms with van der Waals surface area (Å²) in [5.41, 5.74) is 0. The van der Waals surface area contributed by atoms with Crippen molar-refractivity contribution in [1.29, 1.82) is 0 Å². The quantitative estimate of drug-likeness (QED) is 0.319. The predicted octanol–water partition coefficient (Wildman–Crippen LogP) is -1.01. The molecule has 0 saturated heterocycles. The van der Waals surface area contributed by atoms with Crippen molar-refractivity contribution in [2.45, 2.75) is 0 Å². The van der Waals surface area contributed by atoms with E-state index in [0.717, 1.165) is 0 Å². The van der Waals surface area contributed by atoms with Gasteiger partial charge in [-0.25, -0.2) is 0 Å². The maximum absolute atomic E-state index is 8.44. The Kier molecular flexibility index (Phi) is 8.33. The van der Waals surface area contributed by atoms with Crippen LogP contribution in [0.4, 0.5) is 0 Å². The molecule has 0 unspecified atom stereocenters. The first kappa shape index (κ1) is 9.12. The van der Waals surface area contributed by atoms with Crippen molar-refractivity contribution >= 4 is 11.4 Å². The van der Waals surface area contributed by atoms with E-state index in [1.54, 1.807) is 0 Å². The molecule has 0 aliphatic heterocycles. The van der Waals surface area contributed by atoms with E-state index in [1.807, 2.05) is 0 Å². The van der Waals surface area contributed by atoms with Crippen molar-refractivity contribution in [2.24, 2.45) is 0 Å². The summed E-state index contributed by atoms with van der Waals surface area (Å²) in [5.74, 6) is 0. The molecule has 0 aromatic carbocycles. The van der Waals surface area contributed by atoms with Crippen LogP contribution in [0.15, 0.2) is 0 Å². The van der Waals surface area contributed by atoms with Crippen molar-refractivity contribution in [3.8, 4) is 0 Å². The van der Waals surface area contributed by atoms with Crippen molar-refractivity contribution in [3.63, 3.8) is 0 Å². The summed E-state index contributed by atoms with van der Waals surface area (Å²) in [7, 11) is 0. The summed E-state index contributed by atoms with van der Waals surface area (Å²) in [6, 6.07) is 0. The van der Waals surface area contributed by atoms with Gasteiger partial charge in [-0.3, -0.25) is 4.21 Å². The first-order valence-corrected chi connectivity index (χ1v) is 1.50. The summed E-state index contributed by atoms with van der Waals surface area (Å²) >= 11 is -3.11. The van der Waals surface area contributed by atoms with Crippen molar-refractivity contribution < 1.29 is 29.8 Å². The number of hydrogen-bond acceptors (Lipinski definition) is 3. The van der Waals surface area contributed by atoms with Gasteiger partial charge in [0.1, 0.15) is 0 Å². The average Bonchev–Trinajstić information content (AvgIpc) is 0.811. The van der Waals surface area contributed by atoms with Crippen LogP contribution in [0.25, 0.3) is 0 Å². The molecule has 5 heteroatoms. The minimum absolute atomic E-state index is 0. The Labute approximate surface area is 41.8 Å². The van der Waals surface area contributed by atoms with Gasteiger partial charge < -0.3 is 9.11 Å². The van der Waals surface area contributed by atoms with Gasteiger partial charge in [0.05, 0.1) is 0 Å². The van der Waals surface area contributed by atoms with Gasteiger partial charge in [-0.05, 0) is 0 Å². The minimum Gasteiger partial charge on any atom is -0.784 e. The summed E-state index contributed by atoms with van der Waals surface area (Å²) in [6.07, 6.45) is 0. The standard InChI is InChI=1S/Ni.H2O3S/c;1-4(2)3/h;(H2,1,2,3)/p-2. The molecule has 0 spiro atoms. The molecule has 5 heavy (non-hydrogen) atoms. The van der Waals surface area contributed by atoms with Gasteiger partial charge in [-0.1, -0.05) is 0 Å². The van der Waals surface area contributed by atoms with Gasteiger partial charge in [-0.15, -0.1) is 11.4 Å². The third-order valence-electron chi connectivity index (χ3n) is 0. The molecular weight excluding hydrogens is 139 g/mol. The Balaban J connectivity index is 0. The fraction of sp³-hybridized carbons (Fsp3) is 0. The van der Waals surface area contributed by atoms with E-state index in [-0.39, 0.29) is 16.5 Å². The minimum atomic E-state index is -3.11. The molecule has 0 radical (unpaired) electrons. The number of hydrogen-bond donors (Lipinski definition) is 0. The Morgan fingerprint density at radius 1 is 1.40 bits per heavy atom. The fourth-order valence-electron chi connectivity index (χ4n) is 0. The van der Waals surface area contributed by atoms with Crippen LogP contribution < -0.4 is 0 Å². The van der Waals surface area contributed by atoms with Crippen LogP contribution in [-0.2, 0) is 27.9 Å². The van der Waals surface area contributed by atoms with E-state index in [2.05, 4.69) is 0 Å². The van der Waals surface area contributed by atoms with E-state index < -0.39 is 11.4 Å². The molecule has 0 atom stereocenters. The van der Waals surface area contributed by atoms with Crippen LogP contribution in [0.3, 0.4) is 0 Å². The molecule has 0 amide bonds. The van der Waals surface area contributed by atoms with Crippen molar-refractivity contribution in [2.75, 3.05) is 0 Å². The normalized spacial score (nSPS) is 7.00. The Hall–Kier alpha value is 0.564. The van der Waals surface area contributed by atoms with Crippen LogP contribution in [-0.4, -0.2) is 13.3 Å². The van der Waals surface area contributed by atoms with Crippen molar-refractivity contribution in [3.05, 3.63) is 0 Å². The summed E-state index contributed by atoms with van der Waals surface area (Å²) < 4.78 is 25.3. The van der Waals surface area contributed by atoms with Gasteiger partial charge in [0, 0.05) is 16.5 Å². The van der Waals surface area contributed by atoms with Crippen LogP contribution in [0.5, 0.6) is 0 Å². The molecule has 0 saturated carbocycles. The molecule has 0 fully saturated rings. The van der Waals surface area contributed by atoms with Gasteiger partial charge >= 0.3 is 0 Å². The average molecular weight is 139 g/mol. The van der Waals surface area contributed by atoms with Crippen LogP contribution in [0.1, 0.15) is 0 Å². The maximum Gasteiger partial charge on any atom is 0 e. The van der Waals surface area contributed by atoms with Gasteiger partial charge in [0.15, 0.2) is 0 Å². The second kappa shape index (κ2) is 4.56. The summed E-state index contributed by atoms with van der Waals surface area (Å²) in [6.45, 7) is 0. The largest absolute Gasteiger partial charge is 0.784 e. The zero-order valence-corrected chi connectivity index (χ0v) is 3.75. The molecule has 0 N–H and O–H groups in total. The second-order valence-electron chi connectivity index (χ2n) is 0.204. The molecule has 0 heterocycles.